The zero-order chi connectivity index (χ0) is 12.3. The molecule has 4 nitrogen and oxygen atoms in total. The lowest BCUT2D eigenvalue weighted by Gasteiger charge is -1.95. The smallest absolute Gasteiger partial charge is 0.303 e. The summed E-state index contributed by atoms with van der Waals surface area (Å²) in [6.07, 6.45) is 2.38. The van der Waals surface area contributed by atoms with Crippen molar-refractivity contribution >= 4 is 17.3 Å². The molecule has 0 saturated heterocycles. The third kappa shape index (κ3) is 3.10. The zero-order valence-electron chi connectivity index (χ0n) is 9.38. The number of thiazole rings is 1. The summed E-state index contributed by atoms with van der Waals surface area (Å²) in [6, 6.07) is 3.91. The van der Waals surface area contributed by atoms with Gasteiger partial charge in [-0.05, 0) is 18.6 Å². The van der Waals surface area contributed by atoms with E-state index in [1.807, 2.05) is 24.4 Å². The molecule has 2 aromatic heterocycles. The van der Waals surface area contributed by atoms with Gasteiger partial charge in [-0.3, -0.25) is 9.78 Å². The largest absolute Gasteiger partial charge is 0.481 e. The number of nitrogens with zero attached hydrogens (tertiary/aromatic N) is 2. The van der Waals surface area contributed by atoms with Gasteiger partial charge in [-0.1, -0.05) is 6.07 Å². The highest BCUT2D eigenvalue weighted by Crippen LogP contribution is 2.22. The lowest BCUT2D eigenvalue weighted by atomic mass is 10.2. The number of aliphatic carboxylic acids is 1. The van der Waals surface area contributed by atoms with E-state index in [0.717, 1.165) is 22.0 Å². The maximum absolute atomic E-state index is 10.5. The summed E-state index contributed by atoms with van der Waals surface area (Å²) >= 11 is 1.49. The van der Waals surface area contributed by atoms with Gasteiger partial charge in [0.15, 0.2) is 0 Å². The van der Waals surface area contributed by atoms with Crippen LogP contribution in [0.15, 0.2) is 23.7 Å². The van der Waals surface area contributed by atoms with Gasteiger partial charge in [-0.2, -0.15) is 0 Å². The fourth-order valence-corrected chi connectivity index (χ4v) is 2.20. The van der Waals surface area contributed by atoms with Crippen LogP contribution in [0.4, 0.5) is 0 Å². The first-order valence-corrected chi connectivity index (χ1v) is 6.12. The van der Waals surface area contributed by atoms with Gasteiger partial charge in [0.25, 0.3) is 0 Å². The topological polar surface area (TPSA) is 63.1 Å². The van der Waals surface area contributed by atoms with Crippen LogP contribution in [0.1, 0.15) is 17.7 Å². The van der Waals surface area contributed by atoms with Gasteiger partial charge in [0.05, 0.1) is 17.8 Å². The Labute approximate surface area is 103 Å². The third-order valence-corrected chi connectivity index (χ3v) is 3.19. The van der Waals surface area contributed by atoms with E-state index in [1.165, 1.54) is 11.3 Å². The Morgan fingerprint density at radius 2 is 2.29 bits per heavy atom. The predicted octanol–water partition coefficient (Wildman–Crippen LogP) is 2.53. The Kier molecular flexibility index (Phi) is 3.49. The molecule has 5 heteroatoms. The second kappa shape index (κ2) is 5.05. The van der Waals surface area contributed by atoms with Crippen LogP contribution in [0.3, 0.4) is 0 Å². The highest BCUT2D eigenvalue weighted by Gasteiger charge is 2.07. The van der Waals surface area contributed by atoms with E-state index < -0.39 is 5.97 Å². The lowest BCUT2D eigenvalue weighted by Crippen LogP contribution is -1.97. The van der Waals surface area contributed by atoms with Crippen LogP contribution in [0, 0.1) is 6.92 Å². The quantitative estimate of drug-likeness (QED) is 0.903. The molecule has 0 spiro atoms. The van der Waals surface area contributed by atoms with Gasteiger partial charge in [-0.15, -0.1) is 11.3 Å². The summed E-state index contributed by atoms with van der Waals surface area (Å²) in [7, 11) is 0. The predicted molar refractivity (Wildman–Crippen MR) is 66.0 cm³/mol. The number of rotatable bonds is 4. The number of aryl methyl sites for hydroxylation is 2. The average molecular weight is 248 g/mol. The zero-order valence-corrected chi connectivity index (χ0v) is 10.2. The number of carboxylic acid groups (broad SMARTS) is 1. The highest BCUT2D eigenvalue weighted by atomic mass is 32.1. The number of aromatic nitrogens is 2. The Morgan fingerprint density at radius 3 is 2.94 bits per heavy atom. The van der Waals surface area contributed by atoms with Crippen LogP contribution < -0.4 is 0 Å². The summed E-state index contributed by atoms with van der Waals surface area (Å²) < 4.78 is 0. The molecule has 0 unspecified atom stereocenters. The molecule has 0 aliphatic heterocycles. The van der Waals surface area contributed by atoms with Crippen LogP contribution in [0.2, 0.25) is 0 Å². The van der Waals surface area contributed by atoms with Crippen molar-refractivity contribution in [3.63, 3.8) is 0 Å². The molecule has 2 rings (SSSR count). The van der Waals surface area contributed by atoms with Crippen LogP contribution >= 0.6 is 11.3 Å². The normalized spacial score (nSPS) is 10.4. The number of hydrogen-bond acceptors (Lipinski definition) is 4. The molecule has 0 bridgehead atoms. The van der Waals surface area contributed by atoms with Crippen molar-refractivity contribution < 1.29 is 9.90 Å². The van der Waals surface area contributed by atoms with Crippen molar-refractivity contribution in [2.24, 2.45) is 0 Å². The first-order chi connectivity index (χ1) is 8.15. The van der Waals surface area contributed by atoms with E-state index >= 15 is 0 Å². The molecule has 2 heterocycles. The van der Waals surface area contributed by atoms with E-state index in [-0.39, 0.29) is 6.42 Å². The molecule has 0 aliphatic carbocycles. The highest BCUT2D eigenvalue weighted by molar-refractivity contribution is 7.13. The molecule has 17 heavy (non-hydrogen) atoms. The summed E-state index contributed by atoms with van der Waals surface area (Å²) in [4.78, 5) is 19.1. The number of carbonyl (C=O) groups is 1. The summed E-state index contributed by atoms with van der Waals surface area (Å²) in [5.74, 6) is -0.798. The molecule has 1 N–H and O–H groups in total. The molecular weight excluding hydrogens is 236 g/mol. The molecule has 0 amide bonds. The molecule has 88 valence electrons. The fraction of sp³-hybridized carbons (Fsp3) is 0.250. The third-order valence-electron chi connectivity index (χ3n) is 2.28. The van der Waals surface area contributed by atoms with E-state index in [2.05, 4.69) is 9.97 Å². The van der Waals surface area contributed by atoms with Crippen molar-refractivity contribution in [1.82, 2.24) is 9.97 Å². The van der Waals surface area contributed by atoms with Crippen LogP contribution in [0.5, 0.6) is 0 Å². The molecular formula is C12H12N2O2S. The van der Waals surface area contributed by atoms with Crippen molar-refractivity contribution in [3.05, 3.63) is 35.0 Å². The average Bonchev–Trinajstić information content (AvgIpc) is 2.76. The summed E-state index contributed by atoms with van der Waals surface area (Å²) in [6.45, 7) is 1.98. The maximum Gasteiger partial charge on any atom is 0.303 e. The number of pyridine rings is 1. The van der Waals surface area contributed by atoms with Crippen molar-refractivity contribution in [1.29, 1.82) is 0 Å². The maximum atomic E-state index is 10.5. The number of hydrogen-bond donors (Lipinski definition) is 1. The molecule has 2 aromatic rings. The Balaban J connectivity index is 2.12. The molecule has 0 aliphatic rings. The Morgan fingerprint density at radius 1 is 1.47 bits per heavy atom. The van der Waals surface area contributed by atoms with Gasteiger partial charge < -0.3 is 5.11 Å². The minimum Gasteiger partial charge on any atom is -0.481 e. The SMILES string of the molecule is Cc1ccc(-c2nc(CCC(=O)O)cs2)nc1. The summed E-state index contributed by atoms with van der Waals surface area (Å²) in [5, 5.41) is 11.3. The lowest BCUT2D eigenvalue weighted by molar-refractivity contribution is -0.136. The van der Waals surface area contributed by atoms with Gasteiger partial charge in [0, 0.05) is 18.0 Å². The van der Waals surface area contributed by atoms with E-state index in [1.54, 1.807) is 6.20 Å². The molecule has 0 radical (unpaired) electrons. The minimum absolute atomic E-state index is 0.116. The molecule has 0 fully saturated rings. The van der Waals surface area contributed by atoms with Crippen molar-refractivity contribution in [3.8, 4) is 10.7 Å². The van der Waals surface area contributed by atoms with Gasteiger partial charge in [0.1, 0.15) is 5.01 Å². The minimum atomic E-state index is -0.798. The number of carboxylic acids is 1. The van der Waals surface area contributed by atoms with E-state index in [4.69, 9.17) is 5.11 Å². The van der Waals surface area contributed by atoms with Gasteiger partial charge in [-0.25, -0.2) is 4.98 Å². The molecule has 0 aromatic carbocycles. The van der Waals surface area contributed by atoms with Crippen LogP contribution in [-0.2, 0) is 11.2 Å². The first kappa shape index (κ1) is 11.7. The monoisotopic (exact) mass is 248 g/mol. The fourth-order valence-electron chi connectivity index (χ4n) is 1.37. The standard InChI is InChI=1S/C12H12N2O2S/c1-8-2-4-10(13-6-8)12-14-9(7-17-12)3-5-11(15)16/h2,4,6-7H,3,5H2,1H3,(H,15,16). The summed E-state index contributed by atoms with van der Waals surface area (Å²) in [5.41, 5.74) is 2.76. The van der Waals surface area contributed by atoms with Crippen LogP contribution in [-0.4, -0.2) is 21.0 Å². The van der Waals surface area contributed by atoms with E-state index in [9.17, 15) is 4.79 Å². The van der Waals surface area contributed by atoms with E-state index in [0.29, 0.717) is 6.42 Å². The molecule has 0 atom stereocenters. The Bertz CT molecular complexity index is 520. The van der Waals surface area contributed by atoms with Gasteiger partial charge in [0.2, 0.25) is 0 Å². The van der Waals surface area contributed by atoms with Crippen molar-refractivity contribution in [2.45, 2.75) is 19.8 Å². The molecule has 0 saturated carbocycles. The second-order valence-corrected chi connectivity index (χ2v) is 4.62. The van der Waals surface area contributed by atoms with Crippen LogP contribution in [0.25, 0.3) is 10.7 Å². The second-order valence-electron chi connectivity index (χ2n) is 3.76. The first-order valence-electron chi connectivity index (χ1n) is 5.24. The van der Waals surface area contributed by atoms with Crippen molar-refractivity contribution in [2.75, 3.05) is 0 Å². The Hall–Kier alpha value is -1.75. The van der Waals surface area contributed by atoms with Gasteiger partial charge >= 0.3 is 5.97 Å².